The number of pyridine rings is 1. The van der Waals surface area contributed by atoms with Gasteiger partial charge in [0.1, 0.15) is 17.0 Å². The highest BCUT2D eigenvalue weighted by molar-refractivity contribution is 7.93. The molecule has 0 atom stereocenters. The van der Waals surface area contributed by atoms with Crippen LogP contribution in [-0.4, -0.2) is 27.6 Å². The lowest BCUT2D eigenvalue weighted by Crippen LogP contribution is -2.14. The van der Waals surface area contributed by atoms with Gasteiger partial charge in [0.25, 0.3) is 10.0 Å². The Bertz CT molecular complexity index is 987. The first-order valence-corrected chi connectivity index (χ1v) is 8.62. The molecule has 0 amide bonds. The van der Waals surface area contributed by atoms with Crippen LogP contribution in [-0.2, 0) is 10.0 Å². The smallest absolute Gasteiger partial charge is 0.262 e. The van der Waals surface area contributed by atoms with Crippen LogP contribution in [0.1, 0.15) is 0 Å². The zero-order valence-electron chi connectivity index (χ0n) is 13.2. The van der Waals surface area contributed by atoms with Gasteiger partial charge in [-0.25, -0.2) is 8.42 Å². The standard InChI is InChI=1S/C17H16N2O4S/c1-22-14-8-4-3-7-13(14)19-24(20,21)16-10-9-15(23-2)17-12(16)6-5-11-18-17/h3-11,19H,1-2H3. The summed E-state index contributed by atoms with van der Waals surface area (Å²) >= 11 is 0. The number of methoxy groups -OCH3 is 2. The Hall–Kier alpha value is -2.80. The Kier molecular flexibility index (Phi) is 4.26. The number of benzene rings is 2. The number of hydrogen-bond donors (Lipinski definition) is 1. The van der Waals surface area contributed by atoms with E-state index in [0.29, 0.717) is 28.1 Å². The molecule has 0 saturated carbocycles. The van der Waals surface area contributed by atoms with Gasteiger partial charge in [0.2, 0.25) is 0 Å². The van der Waals surface area contributed by atoms with Crippen LogP contribution in [0, 0.1) is 0 Å². The van der Waals surface area contributed by atoms with Gasteiger partial charge in [0.05, 0.1) is 24.8 Å². The molecule has 0 aliphatic carbocycles. The van der Waals surface area contributed by atoms with Gasteiger partial charge < -0.3 is 9.47 Å². The van der Waals surface area contributed by atoms with E-state index in [1.54, 1.807) is 48.7 Å². The van der Waals surface area contributed by atoms with E-state index in [9.17, 15) is 8.42 Å². The Balaban J connectivity index is 2.12. The minimum Gasteiger partial charge on any atom is -0.495 e. The molecule has 124 valence electrons. The molecule has 24 heavy (non-hydrogen) atoms. The number of nitrogens with zero attached hydrogens (tertiary/aromatic N) is 1. The molecule has 0 aliphatic rings. The zero-order chi connectivity index (χ0) is 17.2. The Morgan fingerprint density at radius 1 is 0.917 bits per heavy atom. The molecule has 0 aliphatic heterocycles. The molecule has 7 heteroatoms. The molecule has 1 aromatic heterocycles. The summed E-state index contributed by atoms with van der Waals surface area (Å²) in [7, 11) is -0.819. The molecule has 2 aromatic carbocycles. The van der Waals surface area contributed by atoms with Crippen LogP contribution in [0.4, 0.5) is 5.69 Å². The van der Waals surface area contributed by atoms with E-state index in [-0.39, 0.29) is 4.90 Å². The lowest BCUT2D eigenvalue weighted by atomic mass is 10.2. The molecule has 0 bridgehead atoms. The number of nitrogens with one attached hydrogen (secondary N) is 1. The first-order valence-electron chi connectivity index (χ1n) is 7.14. The maximum atomic E-state index is 12.8. The highest BCUT2D eigenvalue weighted by Crippen LogP contribution is 2.32. The van der Waals surface area contributed by atoms with E-state index in [1.165, 1.54) is 20.3 Å². The van der Waals surface area contributed by atoms with Crippen molar-refractivity contribution in [2.24, 2.45) is 0 Å². The SMILES string of the molecule is COc1ccccc1NS(=O)(=O)c1ccc(OC)c2ncccc12. The highest BCUT2D eigenvalue weighted by Gasteiger charge is 2.21. The van der Waals surface area contributed by atoms with Crippen LogP contribution in [0.25, 0.3) is 10.9 Å². The van der Waals surface area contributed by atoms with Crippen molar-refractivity contribution in [3.05, 3.63) is 54.7 Å². The van der Waals surface area contributed by atoms with Crippen LogP contribution >= 0.6 is 0 Å². The second kappa shape index (κ2) is 6.37. The number of fused-ring (bicyclic) bond motifs is 1. The van der Waals surface area contributed by atoms with Crippen LogP contribution in [0.3, 0.4) is 0 Å². The third-order valence-electron chi connectivity index (χ3n) is 3.55. The Morgan fingerprint density at radius 3 is 2.42 bits per heavy atom. The van der Waals surface area contributed by atoms with E-state index in [2.05, 4.69) is 9.71 Å². The average molecular weight is 344 g/mol. The molecule has 0 saturated heterocycles. The van der Waals surface area contributed by atoms with Crippen molar-refractivity contribution in [2.45, 2.75) is 4.90 Å². The maximum Gasteiger partial charge on any atom is 0.262 e. The van der Waals surface area contributed by atoms with Crippen LogP contribution in [0.15, 0.2) is 59.6 Å². The third-order valence-corrected chi connectivity index (χ3v) is 4.98. The first-order chi connectivity index (χ1) is 11.6. The summed E-state index contributed by atoms with van der Waals surface area (Å²) < 4.78 is 38.7. The van der Waals surface area contributed by atoms with Gasteiger partial charge in [-0.2, -0.15) is 0 Å². The van der Waals surface area contributed by atoms with Gasteiger partial charge >= 0.3 is 0 Å². The van der Waals surface area contributed by atoms with Crippen LogP contribution < -0.4 is 14.2 Å². The van der Waals surface area contributed by atoms with Gasteiger partial charge in [-0.05, 0) is 36.4 Å². The third kappa shape index (κ3) is 2.85. The first kappa shape index (κ1) is 16.1. The fourth-order valence-corrected chi connectivity index (χ4v) is 3.72. The topological polar surface area (TPSA) is 77.5 Å². The average Bonchev–Trinajstić information content (AvgIpc) is 2.60. The minimum absolute atomic E-state index is 0.123. The quantitative estimate of drug-likeness (QED) is 0.770. The van der Waals surface area contributed by atoms with E-state index >= 15 is 0 Å². The highest BCUT2D eigenvalue weighted by atomic mass is 32.2. The van der Waals surface area contributed by atoms with Crippen molar-refractivity contribution in [2.75, 3.05) is 18.9 Å². The second-order valence-electron chi connectivity index (χ2n) is 4.97. The summed E-state index contributed by atoms with van der Waals surface area (Å²) in [4.78, 5) is 4.35. The summed E-state index contributed by atoms with van der Waals surface area (Å²) in [6.45, 7) is 0. The van der Waals surface area contributed by atoms with Crippen molar-refractivity contribution in [1.82, 2.24) is 4.98 Å². The summed E-state index contributed by atoms with van der Waals surface area (Å²) in [5.74, 6) is 0.957. The largest absolute Gasteiger partial charge is 0.495 e. The van der Waals surface area contributed by atoms with E-state index < -0.39 is 10.0 Å². The van der Waals surface area contributed by atoms with Gasteiger partial charge in [0.15, 0.2) is 0 Å². The van der Waals surface area contributed by atoms with Crippen molar-refractivity contribution < 1.29 is 17.9 Å². The zero-order valence-corrected chi connectivity index (χ0v) is 14.0. The van der Waals surface area contributed by atoms with Crippen LogP contribution in [0.2, 0.25) is 0 Å². The number of sulfonamides is 1. The van der Waals surface area contributed by atoms with E-state index in [0.717, 1.165) is 0 Å². The summed E-state index contributed by atoms with van der Waals surface area (Å²) in [5, 5.41) is 0.485. The number of rotatable bonds is 5. The summed E-state index contributed by atoms with van der Waals surface area (Å²) in [6, 6.07) is 13.3. The Morgan fingerprint density at radius 2 is 1.67 bits per heavy atom. The molecule has 0 fully saturated rings. The number of hydrogen-bond acceptors (Lipinski definition) is 5. The lowest BCUT2D eigenvalue weighted by Gasteiger charge is -2.14. The predicted molar refractivity (Wildman–Crippen MR) is 92.1 cm³/mol. The van der Waals surface area contributed by atoms with Crippen molar-refractivity contribution in [3.8, 4) is 11.5 Å². The number of ether oxygens (including phenoxy) is 2. The Labute approximate surface area is 140 Å². The minimum atomic E-state index is -3.82. The van der Waals surface area contributed by atoms with Gasteiger partial charge in [-0.1, -0.05) is 12.1 Å². The molecule has 3 aromatic rings. The number of aromatic nitrogens is 1. The van der Waals surface area contributed by atoms with Gasteiger partial charge in [0, 0.05) is 11.6 Å². The molecular weight excluding hydrogens is 328 g/mol. The summed E-state index contributed by atoms with van der Waals surface area (Å²) in [6.07, 6.45) is 1.59. The molecule has 1 heterocycles. The van der Waals surface area contributed by atoms with Crippen molar-refractivity contribution >= 4 is 26.6 Å². The molecule has 0 radical (unpaired) electrons. The van der Waals surface area contributed by atoms with Gasteiger partial charge in [-0.3, -0.25) is 9.71 Å². The van der Waals surface area contributed by atoms with Gasteiger partial charge in [-0.15, -0.1) is 0 Å². The molecular formula is C17H16N2O4S. The molecule has 0 unspecified atom stereocenters. The molecule has 3 rings (SSSR count). The molecule has 0 spiro atoms. The molecule has 1 N–H and O–H groups in total. The molecule has 6 nitrogen and oxygen atoms in total. The monoisotopic (exact) mass is 344 g/mol. The fraction of sp³-hybridized carbons (Fsp3) is 0.118. The number of anilines is 1. The summed E-state index contributed by atoms with van der Waals surface area (Å²) in [5.41, 5.74) is 0.857. The second-order valence-corrected chi connectivity index (χ2v) is 6.62. The lowest BCUT2D eigenvalue weighted by molar-refractivity contribution is 0.417. The van der Waals surface area contributed by atoms with E-state index in [4.69, 9.17) is 9.47 Å². The maximum absolute atomic E-state index is 12.8. The van der Waals surface area contributed by atoms with Crippen LogP contribution in [0.5, 0.6) is 11.5 Å². The predicted octanol–water partition coefficient (Wildman–Crippen LogP) is 3.05. The van der Waals surface area contributed by atoms with Crippen molar-refractivity contribution in [3.63, 3.8) is 0 Å². The van der Waals surface area contributed by atoms with Crippen molar-refractivity contribution in [1.29, 1.82) is 0 Å². The fourth-order valence-electron chi connectivity index (χ4n) is 2.45. The normalized spacial score (nSPS) is 11.2. The number of para-hydroxylation sites is 2. The van der Waals surface area contributed by atoms with E-state index in [1.807, 2.05) is 0 Å².